The smallest absolute Gasteiger partial charge is 0.414 e. The van der Waals surface area contributed by atoms with Crippen molar-refractivity contribution in [3.63, 3.8) is 0 Å². The number of thioether (sulfide) groups is 1. The fourth-order valence-electron chi connectivity index (χ4n) is 2.78. The summed E-state index contributed by atoms with van der Waals surface area (Å²) in [6.07, 6.45) is 0.266. The summed E-state index contributed by atoms with van der Waals surface area (Å²) in [5, 5.41) is 2.48. The summed E-state index contributed by atoms with van der Waals surface area (Å²) < 4.78 is 24.3. The van der Waals surface area contributed by atoms with Gasteiger partial charge in [-0.05, 0) is 42.2 Å². The molecule has 2 amide bonds. The molecule has 2 aromatic carbocycles. The van der Waals surface area contributed by atoms with Crippen molar-refractivity contribution in [3.8, 4) is 11.1 Å². The van der Waals surface area contributed by atoms with Crippen molar-refractivity contribution in [2.24, 2.45) is 0 Å². The molecule has 142 valence electrons. The molecular weight excluding hydrogens is 371 g/mol. The van der Waals surface area contributed by atoms with Crippen molar-refractivity contribution in [1.82, 2.24) is 5.32 Å². The van der Waals surface area contributed by atoms with Gasteiger partial charge in [-0.25, -0.2) is 14.0 Å². The normalized spacial score (nSPS) is 16.2. The van der Waals surface area contributed by atoms with E-state index in [1.807, 2.05) is 30.5 Å². The average molecular weight is 390 g/mol. The number of cyclic esters (lactones) is 1. The maximum Gasteiger partial charge on any atom is 0.414 e. The summed E-state index contributed by atoms with van der Waals surface area (Å²) in [5.41, 5.74) is 1.63. The number of methoxy groups -OCH3 is 1. The van der Waals surface area contributed by atoms with Crippen LogP contribution in [0.5, 0.6) is 0 Å². The van der Waals surface area contributed by atoms with E-state index in [9.17, 15) is 14.0 Å². The minimum Gasteiger partial charge on any atom is -0.453 e. The van der Waals surface area contributed by atoms with Gasteiger partial charge in [0.2, 0.25) is 0 Å². The Balaban J connectivity index is 1.73. The second-order valence-corrected chi connectivity index (χ2v) is 6.76. The first-order valence-electron chi connectivity index (χ1n) is 8.25. The fraction of sp³-hybridized carbons (Fsp3) is 0.263. The third-order valence-electron chi connectivity index (χ3n) is 4.20. The summed E-state index contributed by atoms with van der Waals surface area (Å²) in [6, 6.07) is 12.2. The Bertz CT molecular complexity index is 844. The van der Waals surface area contributed by atoms with Gasteiger partial charge in [0, 0.05) is 10.5 Å². The zero-order valence-corrected chi connectivity index (χ0v) is 15.7. The quantitative estimate of drug-likeness (QED) is 0.785. The minimum atomic E-state index is -0.604. The van der Waals surface area contributed by atoms with E-state index >= 15 is 0 Å². The maximum absolute atomic E-state index is 14.6. The molecule has 1 heterocycles. The van der Waals surface area contributed by atoms with Crippen LogP contribution in [0.4, 0.5) is 19.7 Å². The molecule has 1 unspecified atom stereocenters. The topological polar surface area (TPSA) is 67.9 Å². The third kappa shape index (κ3) is 4.33. The first kappa shape index (κ1) is 19.0. The zero-order chi connectivity index (χ0) is 19.4. The molecule has 0 spiro atoms. The number of amides is 2. The van der Waals surface area contributed by atoms with Gasteiger partial charge in [0.1, 0.15) is 11.9 Å². The molecule has 1 saturated heterocycles. The number of hydrogen-bond acceptors (Lipinski definition) is 5. The number of nitrogens with one attached hydrogen (secondary N) is 1. The number of benzene rings is 2. The van der Waals surface area contributed by atoms with Crippen molar-refractivity contribution in [3.05, 3.63) is 48.3 Å². The van der Waals surface area contributed by atoms with Crippen molar-refractivity contribution in [1.29, 1.82) is 0 Å². The van der Waals surface area contributed by atoms with Crippen LogP contribution in [0.2, 0.25) is 0 Å². The lowest BCUT2D eigenvalue weighted by molar-refractivity contribution is 0.132. The van der Waals surface area contributed by atoms with Crippen molar-refractivity contribution < 1.29 is 23.5 Å². The molecule has 27 heavy (non-hydrogen) atoms. The highest BCUT2D eigenvalue weighted by atomic mass is 32.2. The summed E-state index contributed by atoms with van der Waals surface area (Å²) >= 11 is 1.62. The highest BCUT2D eigenvalue weighted by Gasteiger charge is 2.33. The standard InChI is InChI=1S/C19H19FN2O4S/c1-25-18(23)21-10-14-11-22(19(24)26-14)13-5-8-16(17(20)9-13)12-3-6-15(27-2)7-4-12/h3-9,14H,10-11H2,1-2H3,(H,21,23). The van der Waals surface area contributed by atoms with Gasteiger partial charge < -0.3 is 14.8 Å². The molecular formula is C19H19FN2O4S. The van der Waals surface area contributed by atoms with Gasteiger partial charge in [0.25, 0.3) is 0 Å². The third-order valence-corrected chi connectivity index (χ3v) is 4.94. The van der Waals surface area contributed by atoms with E-state index in [4.69, 9.17) is 4.74 Å². The van der Waals surface area contributed by atoms with E-state index in [0.29, 0.717) is 11.3 Å². The molecule has 3 rings (SSSR count). The van der Waals surface area contributed by atoms with Crippen LogP contribution in [0, 0.1) is 5.82 Å². The Morgan fingerprint density at radius 3 is 2.70 bits per heavy atom. The van der Waals surface area contributed by atoms with Gasteiger partial charge in [0.15, 0.2) is 0 Å². The molecule has 1 aliphatic heterocycles. The van der Waals surface area contributed by atoms with E-state index in [1.165, 1.54) is 18.1 Å². The van der Waals surface area contributed by atoms with Gasteiger partial charge in [-0.2, -0.15) is 0 Å². The molecule has 8 heteroatoms. The zero-order valence-electron chi connectivity index (χ0n) is 14.9. The maximum atomic E-state index is 14.6. The lowest BCUT2D eigenvalue weighted by atomic mass is 10.0. The molecule has 1 aliphatic rings. The lowest BCUT2D eigenvalue weighted by Gasteiger charge is -2.14. The van der Waals surface area contributed by atoms with E-state index in [0.717, 1.165) is 10.5 Å². The second-order valence-electron chi connectivity index (χ2n) is 5.88. The van der Waals surface area contributed by atoms with Gasteiger partial charge in [0.05, 0.1) is 25.9 Å². The van der Waals surface area contributed by atoms with E-state index in [2.05, 4.69) is 10.1 Å². The number of nitrogens with zero attached hydrogens (tertiary/aromatic N) is 1. The molecule has 1 fully saturated rings. The summed E-state index contributed by atoms with van der Waals surface area (Å²) in [7, 11) is 1.25. The van der Waals surface area contributed by atoms with Crippen molar-refractivity contribution in [2.45, 2.75) is 11.0 Å². The lowest BCUT2D eigenvalue weighted by Crippen LogP contribution is -2.34. The Morgan fingerprint density at radius 2 is 2.07 bits per heavy atom. The van der Waals surface area contributed by atoms with Crippen LogP contribution in [-0.4, -0.2) is 44.7 Å². The number of halogens is 1. The minimum absolute atomic E-state index is 0.122. The number of anilines is 1. The monoisotopic (exact) mass is 390 g/mol. The predicted molar refractivity (Wildman–Crippen MR) is 102 cm³/mol. The summed E-state index contributed by atoms with van der Waals surface area (Å²) in [5.74, 6) is -0.423. The Kier molecular flexibility index (Phi) is 5.85. The van der Waals surface area contributed by atoms with Crippen LogP contribution in [-0.2, 0) is 9.47 Å². The number of carbonyl (C=O) groups excluding carboxylic acids is 2. The molecule has 0 aromatic heterocycles. The highest BCUT2D eigenvalue weighted by molar-refractivity contribution is 7.98. The van der Waals surface area contributed by atoms with Crippen LogP contribution in [0.25, 0.3) is 11.1 Å². The van der Waals surface area contributed by atoms with Crippen molar-refractivity contribution >= 4 is 29.6 Å². The second kappa shape index (κ2) is 8.30. The molecule has 2 aromatic rings. The molecule has 0 saturated carbocycles. The summed E-state index contributed by atoms with van der Waals surface area (Å²) in [6.45, 7) is 0.335. The number of rotatable bonds is 5. The van der Waals surface area contributed by atoms with Crippen LogP contribution in [0.15, 0.2) is 47.4 Å². The fourth-order valence-corrected chi connectivity index (χ4v) is 3.19. The van der Waals surface area contributed by atoms with Gasteiger partial charge in [-0.3, -0.25) is 4.90 Å². The Hall–Kier alpha value is -2.74. The van der Waals surface area contributed by atoms with E-state index < -0.39 is 24.1 Å². The van der Waals surface area contributed by atoms with Crippen LogP contribution in [0.1, 0.15) is 0 Å². The van der Waals surface area contributed by atoms with Gasteiger partial charge in [-0.15, -0.1) is 11.8 Å². The first-order chi connectivity index (χ1) is 13.0. The first-order valence-corrected chi connectivity index (χ1v) is 9.48. The molecule has 1 N–H and O–H groups in total. The molecule has 0 aliphatic carbocycles. The van der Waals surface area contributed by atoms with Gasteiger partial charge >= 0.3 is 12.2 Å². The number of hydrogen-bond donors (Lipinski definition) is 1. The van der Waals surface area contributed by atoms with Crippen LogP contribution in [0.3, 0.4) is 0 Å². The Morgan fingerprint density at radius 1 is 1.33 bits per heavy atom. The molecule has 1 atom stereocenters. The number of ether oxygens (including phenoxy) is 2. The van der Waals surface area contributed by atoms with Gasteiger partial charge in [-0.1, -0.05) is 12.1 Å². The SMILES string of the molecule is COC(=O)NCC1CN(c2ccc(-c3ccc(SC)cc3)c(F)c2)C(=O)O1. The molecule has 0 radical (unpaired) electrons. The number of alkyl carbamates (subject to hydrolysis) is 1. The van der Waals surface area contributed by atoms with E-state index in [-0.39, 0.29) is 13.1 Å². The molecule has 0 bridgehead atoms. The largest absolute Gasteiger partial charge is 0.453 e. The van der Waals surface area contributed by atoms with Crippen LogP contribution < -0.4 is 10.2 Å². The van der Waals surface area contributed by atoms with Crippen LogP contribution >= 0.6 is 11.8 Å². The Labute approximate surface area is 160 Å². The average Bonchev–Trinajstić information content (AvgIpc) is 3.06. The number of carbonyl (C=O) groups is 2. The highest BCUT2D eigenvalue weighted by Crippen LogP contribution is 2.30. The predicted octanol–water partition coefficient (Wildman–Crippen LogP) is 3.90. The van der Waals surface area contributed by atoms with Crippen molar-refractivity contribution in [2.75, 3.05) is 31.4 Å². The summed E-state index contributed by atoms with van der Waals surface area (Å²) in [4.78, 5) is 25.6. The molecule has 6 nitrogen and oxygen atoms in total. The van der Waals surface area contributed by atoms with E-state index in [1.54, 1.807) is 23.9 Å².